The molecule has 0 aliphatic rings. The van der Waals surface area contributed by atoms with E-state index in [0.29, 0.717) is 0 Å². The summed E-state index contributed by atoms with van der Waals surface area (Å²) in [5, 5.41) is 14.3. The molecule has 8 nitrogen and oxygen atoms in total. The fraction of sp³-hybridized carbons (Fsp3) is 0.118. The Morgan fingerprint density at radius 1 is 0.310 bits per heavy atom. The SMILES string of the molecule is COc1ccccc1Nc1cc(Nc2ccccc2OC)c(Nc2ccccc2OC)cc1Nc1ccccc1OC. The lowest BCUT2D eigenvalue weighted by molar-refractivity contribution is 0.416. The van der Waals surface area contributed by atoms with E-state index in [1.807, 2.05) is 109 Å². The number of hydrogen-bond acceptors (Lipinski definition) is 8. The van der Waals surface area contributed by atoms with Crippen LogP contribution >= 0.6 is 0 Å². The molecule has 0 amide bonds. The summed E-state index contributed by atoms with van der Waals surface area (Å²) < 4.78 is 22.5. The highest BCUT2D eigenvalue weighted by Crippen LogP contribution is 2.43. The Hall–Kier alpha value is -5.50. The molecule has 0 fully saturated rings. The summed E-state index contributed by atoms with van der Waals surface area (Å²) in [4.78, 5) is 0. The van der Waals surface area contributed by atoms with Gasteiger partial charge in [0.2, 0.25) is 0 Å². The first-order valence-electron chi connectivity index (χ1n) is 13.4. The minimum atomic E-state index is 0.719. The molecule has 42 heavy (non-hydrogen) atoms. The molecule has 214 valence electrons. The smallest absolute Gasteiger partial charge is 0.142 e. The summed E-state index contributed by atoms with van der Waals surface area (Å²) in [6.45, 7) is 0. The van der Waals surface area contributed by atoms with Gasteiger partial charge in [0.15, 0.2) is 0 Å². The molecule has 8 heteroatoms. The third-order valence-corrected chi connectivity index (χ3v) is 6.66. The highest BCUT2D eigenvalue weighted by molar-refractivity contribution is 5.92. The molecule has 0 aliphatic heterocycles. The topological polar surface area (TPSA) is 85.0 Å². The summed E-state index contributed by atoms with van der Waals surface area (Å²) >= 11 is 0. The third kappa shape index (κ3) is 6.28. The van der Waals surface area contributed by atoms with Crippen LogP contribution in [0.3, 0.4) is 0 Å². The van der Waals surface area contributed by atoms with Crippen LogP contribution in [-0.2, 0) is 0 Å². The Bertz CT molecular complexity index is 1420. The van der Waals surface area contributed by atoms with E-state index in [-0.39, 0.29) is 0 Å². The number of hydrogen-bond donors (Lipinski definition) is 4. The predicted octanol–water partition coefficient (Wildman–Crippen LogP) is 8.70. The Labute approximate surface area is 246 Å². The van der Waals surface area contributed by atoms with Gasteiger partial charge in [-0.1, -0.05) is 48.5 Å². The number of nitrogens with one attached hydrogen (secondary N) is 4. The number of para-hydroxylation sites is 8. The van der Waals surface area contributed by atoms with Crippen LogP contribution < -0.4 is 40.2 Å². The van der Waals surface area contributed by atoms with Gasteiger partial charge in [0.25, 0.3) is 0 Å². The summed E-state index contributed by atoms with van der Waals surface area (Å²) in [5.41, 5.74) is 6.46. The van der Waals surface area contributed by atoms with Gasteiger partial charge in [-0.3, -0.25) is 0 Å². The van der Waals surface area contributed by atoms with E-state index in [9.17, 15) is 0 Å². The normalized spacial score (nSPS) is 10.4. The first-order valence-corrected chi connectivity index (χ1v) is 13.4. The molecule has 5 aromatic carbocycles. The Kier molecular flexibility index (Phi) is 8.84. The zero-order valence-electron chi connectivity index (χ0n) is 24.0. The number of benzene rings is 5. The van der Waals surface area contributed by atoms with E-state index in [0.717, 1.165) is 68.5 Å². The second-order valence-corrected chi connectivity index (χ2v) is 9.24. The van der Waals surface area contributed by atoms with E-state index >= 15 is 0 Å². The molecular weight excluding hydrogens is 528 g/mol. The van der Waals surface area contributed by atoms with Crippen molar-refractivity contribution in [2.24, 2.45) is 0 Å². The van der Waals surface area contributed by atoms with Crippen molar-refractivity contribution in [3.05, 3.63) is 109 Å². The highest BCUT2D eigenvalue weighted by atomic mass is 16.5. The standard InChI is InChI=1S/C34H34N4O4/c1-39-31-17-9-5-13-23(31)35-27-21-29(37-25-15-7-11-19-33(25)41-3)30(38-26-16-8-12-20-34(26)42-4)22-28(27)36-24-14-6-10-18-32(24)40-2/h5-22,35-38H,1-4H3. The van der Waals surface area contributed by atoms with Crippen molar-refractivity contribution in [1.82, 2.24) is 0 Å². The van der Waals surface area contributed by atoms with Gasteiger partial charge in [-0.25, -0.2) is 0 Å². The molecule has 0 atom stereocenters. The highest BCUT2D eigenvalue weighted by Gasteiger charge is 2.17. The molecule has 4 N–H and O–H groups in total. The van der Waals surface area contributed by atoms with Gasteiger partial charge in [-0.2, -0.15) is 0 Å². The first-order chi connectivity index (χ1) is 20.6. The van der Waals surface area contributed by atoms with Gasteiger partial charge in [0.1, 0.15) is 23.0 Å². The lowest BCUT2D eigenvalue weighted by Gasteiger charge is -2.23. The first kappa shape index (κ1) is 28.0. The van der Waals surface area contributed by atoms with Gasteiger partial charge >= 0.3 is 0 Å². The van der Waals surface area contributed by atoms with Crippen molar-refractivity contribution in [2.45, 2.75) is 0 Å². The molecule has 0 unspecified atom stereocenters. The van der Waals surface area contributed by atoms with Gasteiger partial charge in [0.05, 0.1) is 73.9 Å². The van der Waals surface area contributed by atoms with Gasteiger partial charge in [0, 0.05) is 0 Å². The van der Waals surface area contributed by atoms with Crippen LogP contribution in [0.25, 0.3) is 0 Å². The number of ether oxygens (including phenoxy) is 4. The average Bonchev–Trinajstić information content (AvgIpc) is 3.04. The zero-order valence-corrected chi connectivity index (χ0v) is 24.0. The lowest BCUT2D eigenvalue weighted by Crippen LogP contribution is -2.05. The number of rotatable bonds is 12. The number of methoxy groups -OCH3 is 4. The Morgan fingerprint density at radius 3 is 0.738 bits per heavy atom. The molecule has 0 aromatic heterocycles. The predicted molar refractivity (Wildman–Crippen MR) is 172 cm³/mol. The van der Waals surface area contributed by atoms with Crippen LogP contribution in [0.2, 0.25) is 0 Å². The molecule has 0 saturated carbocycles. The summed E-state index contributed by atoms with van der Waals surface area (Å²) in [7, 11) is 6.62. The van der Waals surface area contributed by atoms with Crippen LogP contribution in [0.5, 0.6) is 23.0 Å². The average molecular weight is 563 g/mol. The second kappa shape index (κ2) is 13.2. The van der Waals surface area contributed by atoms with Crippen LogP contribution in [0.4, 0.5) is 45.5 Å². The molecule has 0 spiro atoms. The largest absolute Gasteiger partial charge is 0.495 e. The van der Waals surface area contributed by atoms with Crippen molar-refractivity contribution in [3.63, 3.8) is 0 Å². The number of anilines is 8. The summed E-state index contributed by atoms with van der Waals surface area (Å²) in [6, 6.07) is 35.2. The molecule has 0 bridgehead atoms. The molecule has 0 aliphatic carbocycles. The van der Waals surface area contributed by atoms with Crippen molar-refractivity contribution in [3.8, 4) is 23.0 Å². The van der Waals surface area contributed by atoms with E-state index in [4.69, 9.17) is 18.9 Å². The maximum absolute atomic E-state index is 5.64. The summed E-state index contributed by atoms with van der Waals surface area (Å²) in [5.74, 6) is 2.87. The van der Waals surface area contributed by atoms with Crippen LogP contribution in [-0.4, -0.2) is 28.4 Å². The minimum absolute atomic E-state index is 0.719. The van der Waals surface area contributed by atoms with Crippen molar-refractivity contribution < 1.29 is 18.9 Å². The van der Waals surface area contributed by atoms with Gasteiger partial charge < -0.3 is 40.2 Å². The third-order valence-electron chi connectivity index (χ3n) is 6.66. The van der Waals surface area contributed by atoms with Crippen molar-refractivity contribution >= 4 is 45.5 Å². The fourth-order valence-corrected chi connectivity index (χ4v) is 4.59. The van der Waals surface area contributed by atoms with E-state index in [2.05, 4.69) is 21.3 Å². The lowest BCUT2D eigenvalue weighted by atomic mass is 10.1. The maximum atomic E-state index is 5.64. The van der Waals surface area contributed by atoms with Crippen LogP contribution in [0.15, 0.2) is 109 Å². The van der Waals surface area contributed by atoms with E-state index in [1.54, 1.807) is 28.4 Å². The zero-order chi connectivity index (χ0) is 29.3. The molecule has 5 rings (SSSR count). The van der Waals surface area contributed by atoms with Crippen LogP contribution in [0, 0.1) is 0 Å². The van der Waals surface area contributed by atoms with Gasteiger partial charge in [-0.05, 0) is 60.7 Å². The molecule has 0 heterocycles. The Balaban J connectivity index is 1.68. The minimum Gasteiger partial charge on any atom is -0.495 e. The van der Waals surface area contributed by atoms with Crippen molar-refractivity contribution in [1.29, 1.82) is 0 Å². The maximum Gasteiger partial charge on any atom is 0.142 e. The Morgan fingerprint density at radius 2 is 0.524 bits per heavy atom. The molecule has 5 aromatic rings. The van der Waals surface area contributed by atoms with Gasteiger partial charge in [-0.15, -0.1) is 0 Å². The molecular formula is C34H34N4O4. The summed E-state index contributed by atoms with van der Waals surface area (Å²) in [6.07, 6.45) is 0. The van der Waals surface area contributed by atoms with E-state index in [1.165, 1.54) is 0 Å². The second-order valence-electron chi connectivity index (χ2n) is 9.24. The molecule has 0 radical (unpaired) electrons. The molecule has 0 saturated heterocycles. The monoisotopic (exact) mass is 562 g/mol. The van der Waals surface area contributed by atoms with E-state index < -0.39 is 0 Å². The fourth-order valence-electron chi connectivity index (χ4n) is 4.59. The van der Waals surface area contributed by atoms with Crippen molar-refractivity contribution in [2.75, 3.05) is 49.7 Å². The van der Waals surface area contributed by atoms with Crippen LogP contribution in [0.1, 0.15) is 0 Å². The quantitative estimate of drug-likeness (QED) is 0.120.